The maximum atomic E-state index is 6.32. The molecule has 2 aliphatic carbocycles. The van der Waals surface area contributed by atoms with Crippen LogP contribution in [-0.2, 0) is 9.47 Å². The second-order valence-corrected chi connectivity index (χ2v) is 7.25. The van der Waals surface area contributed by atoms with Gasteiger partial charge in [0.25, 0.3) is 0 Å². The number of hydrogen-bond acceptors (Lipinski definition) is 2. The molecule has 2 saturated carbocycles. The van der Waals surface area contributed by atoms with Gasteiger partial charge in [0.05, 0.1) is 12.2 Å². The fraction of sp³-hybridized carbons (Fsp3) is 1.00. The minimum atomic E-state index is -0.261. The Balaban J connectivity index is 1.91. The van der Waals surface area contributed by atoms with Crippen molar-refractivity contribution in [2.24, 2.45) is 23.2 Å². The monoisotopic (exact) mass is 238 g/mol. The fourth-order valence-electron chi connectivity index (χ4n) is 4.43. The third-order valence-electron chi connectivity index (χ3n) is 5.56. The van der Waals surface area contributed by atoms with Crippen molar-refractivity contribution in [3.8, 4) is 0 Å². The number of rotatable bonds is 0. The van der Waals surface area contributed by atoms with Crippen LogP contribution in [0.25, 0.3) is 0 Å². The minimum Gasteiger partial charge on any atom is -0.344 e. The lowest BCUT2D eigenvalue weighted by molar-refractivity contribution is -0.204. The first kappa shape index (κ1) is 12.0. The molecule has 0 aromatic carbocycles. The lowest BCUT2D eigenvalue weighted by Crippen LogP contribution is -2.37. The van der Waals surface area contributed by atoms with Crippen molar-refractivity contribution < 1.29 is 9.47 Å². The first-order valence-electron chi connectivity index (χ1n) is 7.22. The first-order valence-corrected chi connectivity index (χ1v) is 7.22. The molecule has 1 aliphatic heterocycles. The highest BCUT2D eigenvalue weighted by atomic mass is 16.8. The number of fused-ring (bicyclic) bond motifs is 2. The van der Waals surface area contributed by atoms with E-state index < -0.39 is 0 Å². The highest BCUT2D eigenvalue weighted by Gasteiger charge is 2.70. The zero-order chi connectivity index (χ0) is 12.4. The second kappa shape index (κ2) is 3.48. The summed E-state index contributed by atoms with van der Waals surface area (Å²) in [6.45, 7) is 11.4. The quantitative estimate of drug-likeness (QED) is 0.642. The van der Waals surface area contributed by atoms with E-state index in [0.29, 0.717) is 11.3 Å². The Bertz CT molecular complexity index is 313. The molecule has 1 heterocycles. The highest BCUT2D eigenvalue weighted by molar-refractivity contribution is 5.14. The molecule has 1 spiro atoms. The summed E-state index contributed by atoms with van der Waals surface area (Å²) in [7, 11) is 0. The Kier molecular flexibility index (Phi) is 2.45. The van der Waals surface area contributed by atoms with Gasteiger partial charge in [-0.3, -0.25) is 0 Å². The molecule has 0 aromatic rings. The molecule has 3 fully saturated rings. The predicted molar refractivity (Wildman–Crippen MR) is 67.6 cm³/mol. The van der Waals surface area contributed by atoms with Gasteiger partial charge in [-0.2, -0.15) is 0 Å². The van der Waals surface area contributed by atoms with Crippen LogP contribution in [0, 0.1) is 23.2 Å². The molecule has 0 N–H and O–H groups in total. The summed E-state index contributed by atoms with van der Waals surface area (Å²) >= 11 is 0. The summed E-state index contributed by atoms with van der Waals surface area (Å²) in [4.78, 5) is 0. The molecule has 0 radical (unpaired) electrons. The standard InChI is InChI=1S/C15H26O2/c1-9-6-7-12-13(14(12,4)5)15(8-9)16-10(2)11(3)17-15/h9-13H,6-8H2,1-5H3/t9-,10-,11-,12-,13+/m1/s1. The van der Waals surface area contributed by atoms with Crippen LogP contribution in [0.3, 0.4) is 0 Å². The molecule has 98 valence electrons. The van der Waals surface area contributed by atoms with Gasteiger partial charge in [0.1, 0.15) is 0 Å². The molecule has 0 bridgehead atoms. The van der Waals surface area contributed by atoms with Crippen molar-refractivity contribution >= 4 is 0 Å². The maximum absolute atomic E-state index is 6.32. The minimum absolute atomic E-state index is 0.248. The average molecular weight is 238 g/mol. The van der Waals surface area contributed by atoms with E-state index in [9.17, 15) is 0 Å². The first-order chi connectivity index (χ1) is 7.87. The van der Waals surface area contributed by atoms with Crippen LogP contribution in [0.4, 0.5) is 0 Å². The van der Waals surface area contributed by atoms with Crippen molar-refractivity contribution in [1.29, 1.82) is 0 Å². The zero-order valence-corrected chi connectivity index (χ0v) is 11.8. The Morgan fingerprint density at radius 1 is 0.941 bits per heavy atom. The van der Waals surface area contributed by atoms with Gasteiger partial charge in [-0.15, -0.1) is 0 Å². The molecule has 0 unspecified atom stereocenters. The predicted octanol–water partition coefficient (Wildman–Crippen LogP) is 3.60. The second-order valence-electron chi connectivity index (χ2n) is 7.25. The topological polar surface area (TPSA) is 18.5 Å². The zero-order valence-electron chi connectivity index (χ0n) is 11.8. The maximum Gasteiger partial charge on any atom is 0.173 e. The molecule has 3 aliphatic rings. The van der Waals surface area contributed by atoms with E-state index in [0.717, 1.165) is 18.3 Å². The summed E-state index contributed by atoms with van der Waals surface area (Å²) in [6, 6.07) is 0. The molecule has 3 rings (SSSR count). The van der Waals surface area contributed by atoms with Crippen LogP contribution in [0.1, 0.15) is 53.9 Å². The van der Waals surface area contributed by atoms with E-state index in [1.54, 1.807) is 0 Å². The summed E-state index contributed by atoms with van der Waals surface area (Å²) in [5, 5.41) is 0. The Morgan fingerprint density at radius 2 is 1.53 bits per heavy atom. The van der Waals surface area contributed by atoms with Crippen molar-refractivity contribution in [2.75, 3.05) is 0 Å². The summed E-state index contributed by atoms with van der Waals surface area (Å²) in [5.74, 6) is 1.90. The van der Waals surface area contributed by atoms with Crippen molar-refractivity contribution in [3.05, 3.63) is 0 Å². The summed E-state index contributed by atoms with van der Waals surface area (Å²) in [5.41, 5.74) is 0.421. The van der Waals surface area contributed by atoms with E-state index in [4.69, 9.17) is 9.47 Å². The van der Waals surface area contributed by atoms with Crippen molar-refractivity contribution in [3.63, 3.8) is 0 Å². The molecule has 2 heteroatoms. The normalized spacial score (nSPS) is 51.0. The van der Waals surface area contributed by atoms with E-state index in [1.807, 2.05) is 0 Å². The molecule has 0 amide bonds. The lowest BCUT2D eigenvalue weighted by Gasteiger charge is -2.31. The Morgan fingerprint density at radius 3 is 2.12 bits per heavy atom. The van der Waals surface area contributed by atoms with Gasteiger partial charge in [0.15, 0.2) is 5.79 Å². The van der Waals surface area contributed by atoms with Gasteiger partial charge >= 0.3 is 0 Å². The molecule has 2 nitrogen and oxygen atoms in total. The molecule has 17 heavy (non-hydrogen) atoms. The van der Waals surface area contributed by atoms with Crippen molar-refractivity contribution in [2.45, 2.75) is 71.9 Å². The van der Waals surface area contributed by atoms with Crippen molar-refractivity contribution in [1.82, 2.24) is 0 Å². The molecule has 0 aromatic heterocycles. The van der Waals surface area contributed by atoms with Crippen LogP contribution >= 0.6 is 0 Å². The van der Waals surface area contributed by atoms with Crippen LogP contribution in [0.15, 0.2) is 0 Å². The SMILES string of the molecule is C[C@@H]1CC[C@@H]2[C@H](C3(C1)O[C@H](C)[C@@H](C)O3)C2(C)C. The van der Waals surface area contributed by atoms with Gasteiger partial charge in [-0.25, -0.2) is 0 Å². The average Bonchev–Trinajstić information content (AvgIpc) is 2.70. The highest BCUT2D eigenvalue weighted by Crippen LogP contribution is 2.69. The number of ether oxygens (including phenoxy) is 2. The van der Waals surface area contributed by atoms with Gasteiger partial charge in [-0.1, -0.05) is 27.2 Å². The molecule has 5 atom stereocenters. The van der Waals surface area contributed by atoms with Gasteiger partial charge < -0.3 is 9.47 Å². The van der Waals surface area contributed by atoms with Gasteiger partial charge in [0.2, 0.25) is 0 Å². The van der Waals surface area contributed by atoms with Crippen LogP contribution in [0.2, 0.25) is 0 Å². The van der Waals surface area contributed by atoms with Crippen LogP contribution < -0.4 is 0 Å². The molecular weight excluding hydrogens is 212 g/mol. The van der Waals surface area contributed by atoms with E-state index >= 15 is 0 Å². The summed E-state index contributed by atoms with van der Waals surface area (Å²) in [6.07, 6.45) is 4.28. The van der Waals surface area contributed by atoms with E-state index in [-0.39, 0.29) is 18.0 Å². The van der Waals surface area contributed by atoms with Gasteiger partial charge in [-0.05, 0) is 37.5 Å². The van der Waals surface area contributed by atoms with E-state index in [2.05, 4.69) is 34.6 Å². The Labute approximate surface area is 105 Å². The Hall–Kier alpha value is -0.0800. The third-order valence-corrected chi connectivity index (χ3v) is 5.56. The number of hydrogen-bond donors (Lipinski definition) is 0. The lowest BCUT2D eigenvalue weighted by atomic mass is 9.91. The summed E-state index contributed by atoms with van der Waals surface area (Å²) < 4.78 is 12.6. The smallest absolute Gasteiger partial charge is 0.173 e. The molecule has 1 saturated heterocycles. The van der Waals surface area contributed by atoms with E-state index in [1.165, 1.54) is 12.8 Å². The van der Waals surface area contributed by atoms with Gasteiger partial charge in [0, 0.05) is 12.3 Å². The third kappa shape index (κ3) is 1.60. The largest absolute Gasteiger partial charge is 0.344 e. The molecular formula is C15H26O2. The van der Waals surface area contributed by atoms with Crippen LogP contribution in [0.5, 0.6) is 0 Å². The fourth-order valence-corrected chi connectivity index (χ4v) is 4.43. The van der Waals surface area contributed by atoms with Crippen LogP contribution in [-0.4, -0.2) is 18.0 Å².